The highest BCUT2D eigenvalue weighted by molar-refractivity contribution is 7.89. The predicted molar refractivity (Wildman–Crippen MR) is 97.8 cm³/mol. The van der Waals surface area contributed by atoms with Gasteiger partial charge in [-0.15, -0.1) is 0 Å². The summed E-state index contributed by atoms with van der Waals surface area (Å²) in [4.78, 5) is 14.5. The van der Waals surface area contributed by atoms with E-state index >= 15 is 0 Å². The van der Waals surface area contributed by atoms with Crippen LogP contribution in [0.5, 0.6) is 0 Å². The number of hydrogen-bond donors (Lipinski definition) is 1. The van der Waals surface area contributed by atoms with E-state index in [1.165, 1.54) is 4.31 Å². The summed E-state index contributed by atoms with van der Waals surface area (Å²) in [5.74, 6) is 0.211. The number of nitrogens with one attached hydrogen (secondary N) is 1. The molecule has 3 rings (SSSR count). The minimum absolute atomic E-state index is 0.0781. The molecule has 25 heavy (non-hydrogen) atoms. The fourth-order valence-corrected chi connectivity index (χ4v) is 4.70. The summed E-state index contributed by atoms with van der Waals surface area (Å²) in [5, 5.41) is 2.83. The third kappa shape index (κ3) is 4.48. The van der Waals surface area contributed by atoms with Crippen molar-refractivity contribution < 1.29 is 13.2 Å². The highest BCUT2D eigenvalue weighted by Gasteiger charge is 2.27. The van der Waals surface area contributed by atoms with Gasteiger partial charge in [0.1, 0.15) is 0 Å². The molecule has 136 valence electrons. The monoisotopic (exact) mass is 363 g/mol. The Kier molecular flexibility index (Phi) is 5.56. The zero-order valence-electron chi connectivity index (χ0n) is 14.5. The molecule has 1 aromatic carbocycles. The molecule has 7 heteroatoms. The van der Waals surface area contributed by atoms with Crippen molar-refractivity contribution in [2.75, 3.05) is 38.5 Å². The Labute approximate surface area is 149 Å². The van der Waals surface area contributed by atoms with E-state index in [-0.39, 0.29) is 16.7 Å². The molecule has 0 aromatic heterocycles. The summed E-state index contributed by atoms with van der Waals surface area (Å²) >= 11 is 0. The van der Waals surface area contributed by atoms with Crippen LogP contribution in [0, 0.1) is 5.92 Å². The lowest BCUT2D eigenvalue weighted by Gasteiger charge is -2.31. The second kappa shape index (κ2) is 7.68. The molecule has 0 bridgehead atoms. The van der Waals surface area contributed by atoms with E-state index in [0.717, 1.165) is 25.9 Å². The van der Waals surface area contributed by atoms with E-state index in [1.807, 2.05) is 7.05 Å². The number of benzene rings is 1. The Bertz CT molecular complexity index is 753. The van der Waals surface area contributed by atoms with Crippen molar-refractivity contribution in [2.45, 2.75) is 24.2 Å². The average Bonchev–Trinajstić information content (AvgIpc) is 3.08. The molecular weight excluding hydrogens is 338 g/mol. The lowest BCUT2D eigenvalue weighted by atomic mass is 10.1. The second-order valence-electron chi connectivity index (χ2n) is 6.75. The summed E-state index contributed by atoms with van der Waals surface area (Å²) in [6.45, 7) is 2.43. The molecule has 2 aliphatic rings. The first-order chi connectivity index (χ1) is 11.9. The van der Waals surface area contributed by atoms with E-state index in [1.54, 1.807) is 24.3 Å². The maximum absolute atomic E-state index is 12.8. The maximum atomic E-state index is 12.8. The van der Waals surface area contributed by atoms with Gasteiger partial charge in [0.25, 0.3) is 0 Å². The van der Waals surface area contributed by atoms with Gasteiger partial charge < -0.3 is 10.2 Å². The van der Waals surface area contributed by atoms with Gasteiger partial charge in [0.2, 0.25) is 15.9 Å². The van der Waals surface area contributed by atoms with Crippen molar-refractivity contribution in [1.82, 2.24) is 9.21 Å². The van der Waals surface area contributed by atoms with Gasteiger partial charge in [0, 0.05) is 38.3 Å². The number of likely N-dealkylation sites (N-methyl/N-ethyl adjacent to an activating group) is 1. The number of nitrogens with zero attached hydrogens (tertiary/aromatic N) is 2. The molecule has 1 atom stereocenters. The van der Waals surface area contributed by atoms with Crippen LogP contribution in [0.4, 0.5) is 5.69 Å². The molecule has 0 radical (unpaired) electrons. The van der Waals surface area contributed by atoms with E-state index in [0.29, 0.717) is 25.2 Å². The van der Waals surface area contributed by atoms with E-state index in [4.69, 9.17) is 0 Å². The topological polar surface area (TPSA) is 69.7 Å². The van der Waals surface area contributed by atoms with Crippen LogP contribution in [-0.2, 0) is 14.8 Å². The quantitative estimate of drug-likeness (QED) is 0.812. The van der Waals surface area contributed by atoms with Crippen LogP contribution in [0.25, 0.3) is 0 Å². The van der Waals surface area contributed by atoms with Gasteiger partial charge in [-0.3, -0.25) is 4.79 Å². The van der Waals surface area contributed by atoms with Crippen molar-refractivity contribution in [3.05, 3.63) is 36.4 Å². The van der Waals surface area contributed by atoms with Gasteiger partial charge in [-0.2, -0.15) is 4.31 Å². The van der Waals surface area contributed by atoms with Crippen molar-refractivity contribution >= 4 is 21.6 Å². The van der Waals surface area contributed by atoms with Gasteiger partial charge in [-0.05, 0) is 44.0 Å². The van der Waals surface area contributed by atoms with Crippen LogP contribution in [0.15, 0.2) is 41.3 Å². The summed E-state index contributed by atoms with van der Waals surface area (Å²) < 4.78 is 27.1. The summed E-state index contributed by atoms with van der Waals surface area (Å²) in [5.41, 5.74) is 0.530. The fourth-order valence-electron chi connectivity index (χ4n) is 3.23. The first-order valence-corrected chi connectivity index (χ1v) is 10.1. The van der Waals surface area contributed by atoms with Crippen LogP contribution in [0.3, 0.4) is 0 Å². The number of piperazine rings is 1. The lowest BCUT2D eigenvalue weighted by molar-refractivity contribution is -0.116. The number of anilines is 1. The maximum Gasteiger partial charge on any atom is 0.243 e. The molecule has 1 saturated heterocycles. The Balaban J connectivity index is 1.68. The zero-order valence-corrected chi connectivity index (χ0v) is 15.3. The minimum Gasteiger partial charge on any atom is -0.326 e. The number of carbonyl (C=O) groups excluding carboxylic acids is 1. The third-order valence-corrected chi connectivity index (χ3v) is 6.67. The summed E-state index contributed by atoms with van der Waals surface area (Å²) in [6.07, 6.45) is 6.64. The molecule has 0 spiro atoms. The molecule has 1 aliphatic carbocycles. The molecule has 1 aromatic rings. The van der Waals surface area contributed by atoms with Gasteiger partial charge in [0.15, 0.2) is 0 Å². The van der Waals surface area contributed by atoms with E-state index in [2.05, 4.69) is 22.4 Å². The van der Waals surface area contributed by atoms with Crippen molar-refractivity contribution in [2.24, 2.45) is 5.92 Å². The van der Waals surface area contributed by atoms with Crippen molar-refractivity contribution in [1.29, 1.82) is 0 Å². The Morgan fingerprint density at radius 3 is 2.68 bits per heavy atom. The van der Waals surface area contributed by atoms with Gasteiger partial charge >= 0.3 is 0 Å². The molecule has 0 saturated carbocycles. The number of rotatable bonds is 5. The fraction of sp³-hybridized carbons (Fsp3) is 0.500. The van der Waals surface area contributed by atoms with Crippen LogP contribution >= 0.6 is 0 Å². The zero-order chi connectivity index (χ0) is 17.9. The van der Waals surface area contributed by atoms with Gasteiger partial charge in [0.05, 0.1) is 4.90 Å². The van der Waals surface area contributed by atoms with Gasteiger partial charge in [-0.25, -0.2) is 8.42 Å². The molecule has 1 N–H and O–H groups in total. The Morgan fingerprint density at radius 2 is 2.00 bits per heavy atom. The Morgan fingerprint density at radius 1 is 1.24 bits per heavy atom. The van der Waals surface area contributed by atoms with Crippen molar-refractivity contribution in [3.8, 4) is 0 Å². The first kappa shape index (κ1) is 18.1. The molecule has 0 unspecified atom stereocenters. The van der Waals surface area contributed by atoms with Crippen LogP contribution in [0.2, 0.25) is 0 Å². The minimum atomic E-state index is -3.52. The number of sulfonamides is 1. The van der Waals surface area contributed by atoms with Crippen LogP contribution in [-0.4, -0.2) is 56.8 Å². The lowest BCUT2D eigenvalue weighted by Crippen LogP contribution is -2.47. The SMILES string of the molecule is CN1CCN(S(=O)(=O)c2cccc(NC(=O)C[C@H]3C=CCC3)c2)CC1. The number of amides is 1. The predicted octanol–water partition coefficient (Wildman–Crippen LogP) is 1.92. The van der Waals surface area contributed by atoms with Crippen LogP contribution in [0.1, 0.15) is 19.3 Å². The standard InChI is InChI=1S/C18H25N3O3S/c1-20-9-11-21(12-10-20)25(23,24)17-8-4-7-16(14-17)19-18(22)13-15-5-2-3-6-15/h2,4-5,7-8,14-15H,3,6,9-13H2,1H3,(H,19,22)/t15-/m0/s1. The normalized spacial score (nSPS) is 22.2. The van der Waals surface area contributed by atoms with E-state index < -0.39 is 10.0 Å². The number of allylic oxidation sites excluding steroid dienone is 2. The average molecular weight is 363 g/mol. The Hall–Kier alpha value is -1.70. The highest BCUT2D eigenvalue weighted by atomic mass is 32.2. The van der Waals surface area contributed by atoms with E-state index in [9.17, 15) is 13.2 Å². The number of carbonyl (C=O) groups is 1. The molecule has 1 heterocycles. The summed E-state index contributed by atoms with van der Waals surface area (Å²) in [7, 11) is -1.54. The molecule has 1 aliphatic heterocycles. The third-order valence-electron chi connectivity index (χ3n) is 4.78. The highest BCUT2D eigenvalue weighted by Crippen LogP contribution is 2.23. The molecule has 1 amide bonds. The molecule has 1 fully saturated rings. The van der Waals surface area contributed by atoms with Gasteiger partial charge in [-0.1, -0.05) is 18.2 Å². The second-order valence-corrected chi connectivity index (χ2v) is 8.69. The molecular formula is C18H25N3O3S. The first-order valence-electron chi connectivity index (χ1n) is 8.70. The van der Waals surface area contributed by atoms with Crippen molar-refractivity contribution in [3.63, 3.8) is 0 Å². The van der Waals surface area contributed by atoms with Crippen LogP contribution < -0.4 is 5.32 Å². The largest absolute Gasteiger partial charge is 0.326 e. The molecule has 6 nitrogen and oxygen atoms in total. The number of hydrogen-bond acceptors (Lipinski definition) is 4. The summed E-state index contributed by atoms with van der Waals surface area (Å²) in [6, 6.07) is 6.54. The smallest absolute Gasteiger partial charge is 0.243 e.